The predicted octanol–water partition coefficient (Wildman–Crippen LogP) is 3.46. The fraction of sp³-hybridized carbons (Fsp3) is 0.625. The lowest BCUT2D eigenvalue weighted by atomic mass is 10.0. The van der Waals surface area contributed by atoms with Gasteiger partial charge in [0.1, 0.15) is 5.82 Å². The Labute approximate surface area is 115 Å². The van der Waals surface area contributed by atoms with Gasteiger partial charge in [0.15, 0.2) is 0 Å². The van der Waals surface area contributed by atoms with Crippen LogP contribution in [0.4, 0.5) is 10.1 Å². The predicted molar refractivity (Wildman–Crippen MR) is 76.9 cm³/mol. The van der Waals surface area contributed by atoms with Crippen LogP contribution >= 0.6 is 0 Å². The van der Waals surface area contributed by atoms with Gasteiger partial charge >= 0.3 is 0 Å². The largest absolute Gasteiger partial charge is 0.369 e. The molecule has 0 aromatic heterocycles. The molecule has 1 aliphatic carbocycles. The number of piperidine rings is 1. The lowest BCUT2D eigenvalue weighted by molar-refractivity contribution is 0.483. The zero-order valence-corrected chi connectivity index (χ0v) is 11.7. The van der Waals surface area contributed by atoms with Gasteiger partial charge in [-0.3, -0.25) is 0 Å². The third-order valence-electron chi connectivity index (χ3n) is 4.25. The molecule has 2 aliphatic rings. The van der Waals surface area contributed by atoms with E-state index in [1.165, 1.54) is 32.1 Å². The van der Waals surface area contributed by atoms with E-state index < -0.39 is 0 Å². The van der Waals surface area contributed by atoms with Crippen molar-refractivity contribution in [3.05, 3.63) is 29.6 Å². The summed E-state index contributed by atoms with van der Waals surface area (Å²) in [6, 6.07) is 6.69. The first kappa shape index (κ1) is 12.9. The Kier molecular flexibility index (Phi) is 3.74. The second-order valence-corrected chi connectivity index (χ2v) is 6.01. The average molecular weight is 262 g/mol. The molecule has 19 heavy (non-hydrogen) atoms. The molecule has 3 rings (SSSR count). The van der Waals surface area contributed by atoms with Gasteiger partial charge in [0.25, 0.3) is 0 Å². The number of nitrogens with zero attached hydrogens (tertiary/aromatic N) is 1. The maximum absolute atomic E-state index is 13.8. The van der Waals surface area contributed by atoms with Crippen LogP contribution in [-0.2, 0) is 6.54 Å². The van der Waals surface area contributed by atoms with Crippen LogP contribution in [0.5, 0.6) is 0 Å². The summed E-state index contributed by atoms with van der Waals surface area (Å²) in [6.07, 6.45) is 6.27. The number of benzene rings is 1. The highest BCUT2D eigenvalue weighted by atomic mass is 19.1. The lowest BCUT2D eigenvalue weighted by Crippen LogP contribution is -2.37. The van der Waals surface area contributed by atoms with Gasteiger partial charge in [-0.15, -0.1) is 0 Å². The van der Waals surface area contributed by atoms with Gasteiger partial charge in [-0.2, -0.15) is 0 Å². The van der Waals surface area contributed by atoms with E-state index in [-0.39, 0.29) is 5.82 Å². The Morgan fingerprint density at radius 2 is 2.05 bits per heavy atom. The highest BCUT2D eigenvalue weighted by Gasteiger charge is 2.21. The molecule has 3 heteroatoms. The quantitative estimate of drug-likeness (QED) is 0.894. The van der Waals surface area contributed by atoms with E-state index in [0.29, 0.717) is 12.1 Å². The molecule has 1 aliphatic heterocycles. The summed E-state index contributed by atoms with van der Waals surface area (Å²) in [6.45, 7) is 4.09. The molecule has 0 radical (unpaired) electrons. The Balaban J connectivity index is 1.75. The summed E-state index contributed by atoms with van der Waals surface area (Å²) in [7, 11) is 0. The minimum absolute atomic E-state index is 0.108. The van der Waals surface area contributed by atoms with E-state index in [2.05, 4.69) is 23.2 Å². The van der Waals surface area contributed by atoms with Crippen LogP contribution in [0.3, 0.4) is 0 Å². The average Bonchev–Trinajstić information content (AvgIpc) is 3.20. The molecule has 1 aromatic carbocycles. The van der Waals surface area contributed by atoms with Crippen molar-refractivity contribution >= 4 is 5.69 Å². The van der Waals surface area contributed by atoms with Gasteiger partial charge in [-0.25, -0.2) is 4.39 Å². The maximum Gasteiger partial charge on any atom is 0.125 e. The third-order valence-corrected chi connectivity index (χ3v) is 4.25. The highest BCUT2D eigenvalue weighted by Crippen LogP contribution is 2.27. The van der Waals surface area contributed by atoms with Crippen molar-refractivity contribution in [3.63, 3.8) is 0 Å². The van der Waals surface area contributed by atoms with Gasteiger partial charge in [-0.1, -0.05) is 0 Å². The zero-order valence-electron chi connectivity index (χ0n) is 11.7. The Morgan fingerprint density at radius 3 is 2.79 bits per heavy atom. The fourth-order valence-electron chi connectivity index (χ4n) is 2.93. The van der Waals surface area contributed by atoms with Gasteiger partial charge in [0, 0.05) is 30.9 Å². The summed E-state index contributed by atoms with van der Waals surface area (Å²) in [5, 5.41) is 3.46. The monoisotopic (exact) mass is 262 g/mol. The Hall–Kier alpha value is -1.09. The van der Waals surface area contributed by atoms with Crippen LogP contribution in [0.1, 0.15) is 44.6 Å². The van der Waals surface area contributed by atoms with Crippen molar-refractivity contribution in [2.24, 2.45) is 0 Å². The van der Waals surface area contributed by atoms with E-state index in [1.807, 2.05) is 0 Å². The molecule has 104 valence electrons. The molecule has 1 heterocycles. The second kappa shape index (κ2) is 5.49. The number of hydrogen-bond acceptors (Lipinski definition) is 2. The number of rotatable bonds is 4. The first-order valence-electron chi connectivity index (χ1n) is 7.52. The highest BCUT2D eigenvalue weighted by molar-refractivity contribution is 5.50. The molecule has 0 amide bonds. The normalized spacial score (nSPS) is 23.7. The second-order valence-electron chi connectivity index (χ2n) is 6.01. The summed E-state index contributed by atoms with van der Waals surface area (Å²) < 4.78 is 13.8. The fourth-order valence-corrected chi connectivity index (χ4v) is 2.93. The topological polar surface area (TPSA) is 15.3 Å². The van der Waals surface area contributed by atoms with Gasteiger partial charge < -0.3 is 10.2 Å². The van der Waals surface area contributed by atoms with Gasteiger partial charge in [0.2, 0.25) is 0 Å². The number of halogens is 1. The zero-order chi connectivity index (χ0) is 13.2. The lowest BCUT2D eigenvalue weighted by Gasteiger charge is -2.35. The summed E-state index contributed by atoms with van der Waals surface area (Å²) >= 11 is 0. The summed E-state index contributed by atoms with van der Waals surface area (Å²) in [4.78, 5) is 2.35. The molecular weight excluding hydrogens is 239 g/mol. The van der Waals surface area contributed by atoms with Crippen molar-refractivity contribution < 1.29 is 4.39 Å². The molecule has 0 spiro atoms. The first-order chi connectivity index (χ1) is 9.22. The van der Waals surface area contributed by atoms with Crippen molar-refractivity contribution in [1.82, 2.24) is 5.32 Å². The molecule has 1 saturated carbocycles. The molecule has 1 N–H and O–H groups in total. The molecule has 1 unspecified atom stereocenters. The van der Waals surface area contributed by atoms with E-state index in [0.717, 1.165) is 24.3 Å². The van der Waals surface area contributed by atoms with Crippen LogP contribution in [-0.4, -0.2) is 18.6 Å². The first-order valence-corrected chi connectivity index (χ1v) is 7.52. The maximum atomic E-state index is 13.8. The van der Waals surface area contributed by atoms with Crippen LogP contribution in [0.15, 0.2) is 18.2 Å². The standard InChI is InChI=1S/C16H23FN2/c1-12-4-2-3-7-19(12)16-9-13(8-14(17)10-16)11-18-15-5-6-15/h8-10,12,15,18H,2-7,11H2,1H3. The molecule has 1 saturated heterocycles. The van der Waals surface area contributed by atoms with Gasteiger partial charge in [-0.05, 0) is 62.8 Å². The number of anilines is 1. The van der Waals surface area contributed by atoms with E-state index in [1.54, 1.807) is 12.1 Å². The molecule has 1 atom stereocenters. The van der Waals surface area contributed by atoms with Crippen LogP contribution in [0.2, 0.25) is 0 Å². The molecule has 1 aromatic rings. The SMILES string of the molecule is CC1CCCCN1c1cc(F)cc(CNC2CC2)c1. The molecule has 2 fully saturated rings. The molecule has 0 bridgehead atoms. The smallest absolute Gasteiger partial charge is 0.125 e. The third kappa shape index (κ3) is 3.27. The molecular formula is C16H23FN2. The molecule has 2 nitrogen and oxygen atoms in total. The van der Waals surface area contributed by atoms with Crippen molar-refractivity contribution in [2.45, 2.75) is 57.7 Å². The number of nitrogens with one attached hydrogen (secondary N) is 1. The van der Waals surface area contributed by atoms with Crippen molar-refractivity contribution in [2.75, 3.05) is 11.4 Å². The number of hydrogen-bond donors (Lipinski definition) is 1. The van der Waals surface area contributed by atoms with Gasteiger partial charge in [0.05, 0.1) is 0 Å². The minimum Gasteiger partial charge on any atom is -0.369 e. The van der Waals surface area contributed by atoms with Crippen LogP contribution < -0.4 is 10.2 Å². The van der Waals surface area contributed by atoms with E-state index in [9.17, 15) is 4.39 Å². The van der Waals surface area contributed by atoms with Crippen LogP contribution in [0.25, 0.3) is 0 Å². The summed E-state index contributed by atoms with van der Waals surface area (Å²) in [5.41, 5.74) is 2.12. The van der Waals surface area contributed by atoms with Crippen molar-refractivity contribution in [1.29, 1.82) is 0 Å². The summed E-state index contributed by atoms with van der Waals surface area (Å²) in [5.74, 6) is -0.108. The Bertz CT molecular complexity index is 442. The van der Waals surface area contributed by atoms with Crippen LogP contribution in [0, 0.1) is 5.82 Å². The Morgan fingerprint density at radius 1 is 1.21 bits per heavy atom. The van der Waals surface area contributed by atoms with Crippen molar-refractivity contribution in [3.8, 4) is 0 Å². The van der Waals surface area contributed by atoms with E-state index >= 15 is 0 Å². The van der Waals surface area contributed by atoms with E-state index in [4.69, 9.17) is 0 Å². The minimum atomic E-state index is -0.108.